The molecule has 122 valence electrons. The number of non-ortho nitro benzene ring substituents is 1. The molecule has 24 heavy (non-hydrogen) atoms. The third-order valence-electron chi connectivity index (χ3n) is 3.62. The van der Waals surface area contributed by atoms with Gasteiger partial charge in [-0.1, -0.05) is 18.2 Å². The van der Waals surface area contributed by atoms with Crippen LogP contribution in [0, 0.1) is 15.0 Å². The number of nitroso groups, excluding NO2 is 1. The first-order valence-corrected chi connectivity index (χ1v) is 7.12. The van der Waals surface area contributed by atoms with Crippen molar-refractivity contribution < 1.29 is 14.8 Å². The molecule has 0 unspecified atom stereocenters. The molecule has 0 saturated carbocycles. The largest absolute Gasteiger partial charge is 0.493 e. The molecule has 0 aliphatic heterocycles. The normalized spacial score (nSPS) is 10.7. The molecule has 0 bridgehead atoms. The number of nitrogens with zero attached hydrogens (tertiary/aromatic N) is 3. The van der Waals surface area contributed by atoms with E-state index in [-0.39, 0.29) is 35.8 Å². The smallest absolute Gasteiger partial charge is 0.270 e. The number of benzene rings is 2. The van der Waals surface area contributed by atoms with Crippen molar-refractivity contribution in [2.75, 3.05) is 6.61 Å². The Balaban J connectivity index is 1.91. The molecule has 0 atom stereocenters. The molecule has 0 spiro atoms. The first-order valence-electron chi connectivity index (χ1n) is 7.12. The molecule has 0 radical (unpaired) electrons. The molecule has 2 aromatic carbocycles. The number of aromatic hydroxyl groups is 1. The Kier molecular flexibility index (Phi) is 4.11. The molecular weight excluding hydrogens is 314 g/mol. The number of ether oxygens (including phenoxy) is 1. The van der Waals surface area contributed by atoms with E-state index in [9.17, 15) is 20.1 Å². The minimum Gasteiger partial charge on any atom is -0.493 e. The zero-order valence-electron chi connectivity index (χ0n) is 12.5. The van der Waals surface area contributed by atoms with E-state index in [2.05, 4.69) is 5.18 Å². The molecule has 3 rings (SSSR count). The maximum atomic E-state index is 11.0. The summed E-state index contributed by atoms with van der Waals surface area (Å²) in [5.74, 6) is 0.343. The lowest BCUT2D eigenvalue weighted by atomic mass is 10.2. The van der Waals surface area contributed by atoms with E-state index in [0.717, 1.165) is 0 Å². The van der Waals surface area contributed by atoms with E-state index >= 15 is 0 Å². The lowest BCUT2D eigenvalue weighted by Gasteiger charge is -2.09. The molecule has 8 nitrogen and oxygen atoms in total. The van der Waals surface area contributed by atoms with Crippen LogP contribution in [0.4, 0.5) is 11.4 Å². The van der Waals surface area contributed by atoms with Crippen molar-refractivity contribution in [3.63, 3.8) is 0 Å². The van der Waals surface area contributed by atoms with Crippen LogP contribution >= 0.6 is 0 Å². The van der Waals surface area contributed by atoms with Crippen molar-refractivity contribution in [1.82, 2.24) is 4.57 Å². The van der Waals surface area contributed by atoms with Crippen molar-refractivity contribution in [1.29, 1.82) is 0 Å². The Morgan fingerprint density at radius 2 is 1.96 bits per heavy atom. The number of aromatic nitrogens is 1. The molecule has 0 aliphatic rings. The molecule has 3 aromatic rings. The van der Waals surface area contributed by atoms with Gasteiger partial charge < -0.3 is 14.4 Å². The van der Waals surface area contributed by atoms with Gasteiger partial charge in [0.05, 0.1) is 17.0 Å². The summed E-state index contributed by atoms with van der Waals surface area (Å²) in [6.07, 6.45) is 0. The zero-order chi connectivity index (χ0) is 17.1. The molecule has 0 saturated heterocycles. The van der Waals surface area contributed by atoms with E-state index < -0.39 is 4.92 Å². The van der Waals surface area contributed by atoms with Gasteiger partial charge in [0.2, 0.25) is 5.88 Å². The Morgan fingerprint density at radius 1 is 1.21 bits per heavy atom. The summed E-state index contributed by atoms with van der Waals surface area (Å²) in [6, 6.07) is 13.2. The van der Waals surface area contributed by atoms with Crippen molar-refractivity contribution >= 4 is 22.3 Å². The van der Waals surface area contributed by atoms with Crippen molar-refractivity contribution in [2.45, 2.75) is 6.54 Å². The monoisotopic (exact) mass is 327 g/mol. The maximum Gasteiger partial charge on any atom is 0.270 e. The summed E-state index contributed by atoms with van der Waals surface area (Å²) in [7, 11) is 0. The van der Waals surface area contributed by atoms with Crippen LogP contribution in [0.25, 0.3) is 10.9 Å². The highest BCUT2D eigenvalue weighted by atomic mass is 16.6. The molecular formula is C16H13N3O5. The van der Waals surface area contributed by atoms with Gasteiger partial charge in [-0.25, -0.2) is 0 Å². The van der Waals surface area contributed by atoms with Crippen LogP contribution in [0.3, 0.4) is 0 Å². The number of nitro groups is 1. The van der Waals surface area contributed by atoms with Crippen LogP contribution in [-0.2, 0) is 6.54 Å². The third-order valence-corrected chi connectivity index (χ3v) is 3.62. The minimum atomic E-state index is -0.569. The second-order valence-electron chi connectivity index (χ2n) is 5.04. The summed E-state index contributed by atoms with van der Waals surface area (Å²) in [4.78, 5) is 21.3. The highest BCUT2D eigenvalue weighted by Gasteiger charge is 2.20. The summed E-state index contributed by atoms with van der Waals surface area (Å²) in [6.45, 7) is 0.501. The third kappa shape index (κ3) is 2.76. The first-order chi connectivity index (χ1) is 11.6. The maximum absolute atomic E-state index is 11.0. The van der Waals surface area contributed by atoms with Gasteiger partial charge in [0.1, 0.15) is 12.4 Å². The number of fused-ring (bicyclic) bond motifs is 1. The number of nitro benzene ring substituents is 1. The quantitative estimate of drug-likeness (QED) is 0.421. The number of hydrogen-bond acceptors (Lipinski definition) is 6. The van der Waals surface area contributed by atoms with E-state index in [1.165, 1.54) is 22.8 Å². The molecule has 8 heteroatoms. The summed E-state index contributed by atoms with van der Waals surface area (Å²) >= 11 is 0. The lowest BCUT2D eigenvalue weighted by Crippen LogP contribution is -2.07. The minimum absolute atomic E-state index is 0.176. The predicted molar refractivity (Wildman–Crippen MR) is 87.6 cm³/mol. The van der Waals surface area contributed by atoms with Crippen molar-refractivity contribution in [2.24, 2.45) is 5.18 Å². The van der Waals surface area contributed by atoms with E-state index in [1.54, 1.807) is 12.1 Å². The molecule has 0 aliphatic carbocycles. The Bertz CT molecular complexity index is 905. The highest BCUT2D eigenvalue weighted by molar-refractivity contribution is 5.96. The van der Waals surface area contributed by atoms with Gasteiger partial charge in [-0.3, -0.25) is 10.1 Å². The SMILES string of the molecule is O=Nc1c(O)n(CCOc2ccccc2)c2ccc([N+](=O)[O-])cc12. The van der Waals surface area contributed by atoms with Gasteiger partial charge in [0.25, 0.3) is 5.69 Å². The topological polar surface area (TPSA) is 107 Å². The number of para-hydroxylation sites is 1. The van der Waals surface area contributed by atoms with Gasteiger partial charge in [-0.15, -0.1) is 4.91 Å². The Hall–Kier alpha value is -3.42. The van der Waals surface area contributed by atoms with Crippen LogP contribution in [-0.4, -0.2) is 21.2 Å². The van der Waals surface area contributed by atoms with Crippen LogP contribution in [0.2, 0.25) is 0 Å². The van der Waals surface area contributed by atoms with Gasteiger partial charge >= 0.3 is 0 Å². The van der Waals surface area contributed by atoms with E-state index in [1.807, 2.05) is 18.2 Å². The van der Waals surface area contributed by atoms with E-state index in [4.69, 9.17) is 4.74 Å². The van der Waals surface area contributed by atoms with Crippen LogP contribution in [0.15, 0.2) is 53.7 Å². The molecule has 0 amide bonds. The number of rotatable bonds is 6. The number of hydrogen-bond donors (Lipinski definition) is 1. The summed E-state index contributed by atoms with van der Waals surface area (Å²) in [5.41, 5.74) is 0.0860. The fourth-order valence-corrected chi connectivity index (χ4v) is 2.51. The predicted octanol–water partition coefficient (Wildman–Crippen LogP) is 3.73. The second-order valence-corrected chi connectivity index (χ2v) is 5.04. The van der Waals surface area contributed by atoms with Crippen LogP contribution < -0.4 is 4.74 Å². The first kappa shape index (κ1) is 15.5. The fourth-order valence-electron chi connectivity index (χ4n) is 2.51. The Labute approximate surface area is 136 Å². The second kappa shape index (κ2) is 6.37. The van der Waals surface area contributed by atoms with E-state index in [0.29, 0.717) is 11.3 Å². The molecule has 1 heterocycles. The summed E-state index contributed by atoms with van der Waals surface area (Å²) < 4.78 is 7.01. The van der Waals surface area contributed by atoms with Crippen LogP contribution in [0.5, 0.6) is 11.6 Å². The standard InChI is InChI=1S/C16H13N3O5/c20-16-15(17-21)13-10-11(19(22)23)6-7-14(13)18(16)8-9-24-12-4-2-1-3-5-12/h1-7,10,20H,8-9H2. The summed E-state index contributed by atoms with van der Waals surface area (Å²) in [5, 5.41) is 24.1. The van der Waals surface area contributed by atoms with Crippen molar-refractivity contribution in [3.8, 4) is 11.6 Å². The van der Waals surface area contributed by atoms with Crippen molar-refractivity contribution in [3.05, 3.63) is 63.6 Å². The highest BCUT2D eigenvalue weighted by Crippen LogP contribution is 2.39. The van der Waals surface area contributed by atoms with Gasteiger partial charge in [0, 0.05) is 17.5 Å². The average Bonchev–Trinajstić information content (AvgIpc) is 2.86. The fraction of sp³-hybridized carbons (Fsp3) is 0.125. The zero-order valence-corrected chi connectivity index (χ0v) is 12.5. The molecule has 1 aromatic heterocycles. The van der Waals surface area contributed by atoms with Gasteiger partial charge in [0.15, 0.2) is 5.69 Å². The average molecular weight is 327 g/mol. The molecule has 1 N–H and O–H groups in total. The molecule has 0 fully saturated rings. The van der Waals surface area contributed by atoms with Crippen LogP contribution in [0.1, 0.15) is 0 Å². The van der Waals surface area contributed by atoms with Gasteiger partial charge in [-0.05, 0) is 23.4 Å². The van der Waals surface area contributed by atoms with Gasteiger partial charge in [-0.2, -0.15) is 0 Å². The Morgan fingerprint density at radius 3 is 2.62 bits per heavy atom. The lowest BCUT2D eigenvalue weighted by molar-refractivity contribution is -0.384.